The van der Waals surface area contributed by atoms with Crippen LogP contribution in [0.5, 0.6) is 0 Å². The lowest BCUT2D eigenvalue weighted by atomic mass is 9.96. The van der Waals surface area contributed by atoms with E-state index in [0.717, 1.165) is 11.4 Å². The van der Waals surface area contributed by atoms with Crippen molar-refractivity contribution in [2.75, 3.05) is 18.0 Å². The van der Waals surface area contributed by atoms with Crippen LogP contribution >= 0.6 is 0 Å². The van der Waals surface area contributed by atoms with Crippen LogP contribution in [0.2, 0.25) is 0 Å². The van der Waals surface area contributed by atoms with Crippen LogP contribution in [0, 0.1) is 24.2 Å². The number of hydrogen-bond donors (Lipinski definition) is 2. The summed E-state index contributed by atoms with van der Waals surface area (Å²) in [5.41, 5.74) is 6.96. The van der Waals surface area contributed by atoms with Crippen LogP contribution in [0.15, 0.2) is 42.6 Å². The number of benzene rings is 1. The number of anilines is 1. The maximum Gasteiger partial charge on any atom is 0.269 e. The van der Waals surface area contributed by atoms with Gasteiger partial charge >= 0.3 is 0 Å². The molecule has 0 aliphatic carbocycles. The molecule has 1 saturated heterocycles. The number of aryl methyl sites for hydroxylation is 1. The van der Waals surface area contributed by atoms with Crippen molar-refractivity contribution in [3.05, 3.63) is 59.3 Å². The van der Waals surface area contributed by atoms with E-state index in [-0.39, 0.29) is 17.7 Å². The molecule has 1 fully saturated rings. The van der Waals surface area contributed by atoms with Gasteiger partial charge in [0.1, 0.15) is 11.9 Å². The van der Waals surface area contributed by atoms with E-state index in [1.807, 2.05) is 31.2 Å². The number of hydrazine groups is 1. The zero-order chi connectivity index (χ0) is 19.2. The third kappa shape index (κ3) is 4.42. The average Bonchev–Trinajstić information content (AvgIpc) is 2.72. The maximum atomic E-state index is 12.3. The highest BCUT2D eigenvalue weighted by molar-refractivity contribution is 5.96. The molecular weight excluding hydrogens is 342 g/mol. The topological polar surface area (TPSA) is 98.1 Å². The quantitative estimate of drug-likeness (QED) is 0.812. The standard InChI is InChI=1S/C20H21N5O2/c1-14-4-2-3-5-17(14)20(27)24-23-19(26)16-8-10-25(11-9-16)18-7-6-15(12-21)13-22-18/h2-7,13,16H,8-11H2,1H3,(H,23,26)(H,24,27). The molecule has 1 aromatic carbocycles. The van der Waals surface area contributed by atoms with Crippen molar-refractivity contribution in [3.63, 3.8) is 0 Å². The molecule has 0 radical (unpaired) electrons. The Hall–Kier alpha value is -3.40. The average molecular weight is 363 g/mol. The van der Waals surface area contributed by atoms with Crippen molar-refractivity contribution < 1.29 is 9.59 Å². The van der Waals surface area contributed by atoms with Crippen molar-refractivity contribution in [2.45, 2.75) is 19.8 Å². The smallest absolute Gasteiger partial charge is 0.269 e. The van der Waals surface area contributed by atoms with E-state index >= 15 is 0 Å². The van der Waals surface area contributed by atoms with Gasteiger partial charge in [0, 0.05) is 30.8 Å². The molecule has 138 valence electrons. The van der Waals surface area contributed by atoms with Gasteiger partial charge in [-0.25, -0.2) is 4.98 Å². The number of nitriles is 1. The molecule has 27 heavy (non-hydrogen) atoms. The van der Waals surface area contributed by atoms with Crippen molar-refractivity contribution >= 4 is 17.6 Å². The van der Waals surface area contributed by atoms with Gasteiger partial charge in [0.25, 0.3) is 5.91 Å². The Labute approximate surface area is 158 Å². The third-order valence-corrected chi connectivity index (χ3v) is 4.76. The molecule has 1 aliphatic rings. The Morgan fingerprint density at radius 1 is 1.15 bits per heavy atom. The summed E-state index contributed by atoms with van der Waals surface area (Å²) in [6.45, 7) is 3.25. The summed E-state index contributed by atoms with van der Waals surface area (Å²) >= 11 is 0. The first-order valence-corrected chi connectivity index (χ1v) is 8.85. The van der Waals surface area contributed by atoms with Gasteiger partial charge in [0.2, 0.25) is 5.91 Å². The van der Waals surface area contributed by atoms with Crippen molar-refractivity contribution in [1.29, 1.82) is 5.26 Å². The van der Waals surface area contributed by atoms with Crippen molar-refractivity contribution in [2.24, 2.45) is 5.92 Å². The lowest BCUT2D eigenvalue weighted by Gasteiger charge is -2.32. The fourth-order valence-electron chi connectivity index (χ4n) is 3.13. The Bertz CT molecular complexity index is 865. The van der Waals surface area contributed by atoms with Gasteiger partial charge in [0.15, 0.2) is 0 Å². The number of hydrogen-bond acceptors (Lipinski definition) is 5. The molecule has 2 N–H and O–H groups in total. The summed E-state index contributed by atoms with van der Waals surface area (Å²) in [4.78, 5) is 30.9. The van der Waals surface area contributed by atoms with Gasteiger partial charge in [0.05, 0.1) is 5.56 Å². The van der Waals surface area contributed by atoms with E-state index in [2.05, 4.69) is 20.7 Å². The van der Waals surface area contributed by atoms with Crippen LogP contribution in [0.3, 0.4) is 0 Å². The van der Waals surface area contributed by atoms with Gasteiger partial charge in [-0.3, -0.25) is 20.4 Å². The van der Waals surface area contributed by atoms with Gasteiger partial charge in [-0.15, -0.1) is 0 Å². The van der Waals surface area contributed by atoms with Crippen LogP contribution in [-0.4, -0.2) is 29.9 Å². The molecule has 7 nitrogen and oxygen atoms in total. The number of carbonyl (C=O) groups excluding carboxylic acids is 2. The fraction of sp³-hybridized carbons (Fsp3) is 0.300. The fourth-order valence-corrected chi connectivity index (χ4v) is 3.13. The second-order valence-electron chi connectivity index (χ2n) is 6.54. The van der Waals surface area contributed by atoms with Crippen LogP contribution in [0.1, 0.15) is 34.3 Å². The number of amides is 2. The molecule has 2 aromatic rings. The summed E-state index contributed by atoms with van der Waals surface area (Å²) in [6, 6.07) is 12.8. The summed E-state index contributed by atoms with van der Waals surface area (Å²) in [6.07, 6.45) is 2.90. The summed E-state index contributed by atoms with van der Waals surface area (Å²) in [7, 11) is 0. The number of nitrogens with one attached hydrogen (secondary N) is 2. The molecule has 0 saturated carbocycles. The van der Waals surface area contributed by atoms with Crippen LogP contribution in [-0.2, 0) is 4.79 Å². The number of rotatable bonds is 3. The Balaban J connectivity index is 1.49. The number of pyridine rings is 1. The van der Waals surface area contributed by atoms with E-state index in [9.17, 15) is 9.59 Å². The minimum atomic E-state index is -0.319. The van der Waals surface area contributed by atoms with Gasteiger partial charge in [-0.1, -0.05) is 18.2 Å². The van der Waals surface area contributed by atoms with Gasteiger partial charge in [-0.05, 0) is 43.5 Å². The molecule has 0 unspecified atom stereocenters. The third-order valence-electron chi connectivity index (χ3n) is 4.76. The first-order valence-electron chi connectivity index (χ1n) is 8.85. The van der Waals surface area contributed by atoms with E-state index in [0.29, 0.717) is 37.1 Å². The Kier molecular flexibility index (Phi) is 5.67. The molecule has 1 aliphatic heterocycles. The molecule has 0 atom stereocenters. The molecule has 2 amide bonds. The maximum absolute atomic E-state index is 12.3. The van der Waals surface area contributed by atoms with Crippen LogP contribution in [0.25, 0.3) is 0 Å². The van der Waals surface area contributed by atoms with E-state index in [1.165, 1.54) is 0 Å². The Morgan fingerprint density at radius 3 is 2.52 bits per heavy atom. The van der Waals surface area contributed by atoms with E-state index < -0.39 is 0 Å². The second kappa shape index (κ2) is 8.32. The lowest BCUT2D eigenvalue weighted by Crippen LogP contribution is -2.47. The molecule has 0 spiro atoms. The van der Waals surface area contributed by atoms with Crippen LogP contribution < -0.4 is 15.8 Å². The highest BCUT2D eigenvalue weighted by Gasteiger charge is 2.26. The number of aromatic nitrogens is 1. The number of carbonyl (C=O) groups is 2. The van der Waals surface area contributed by atoms with Crippen molar-refractivity contribution in [3.8, 4) is 6.07 Å². The first-order chi connectivity index (χ1) is 13.1. The van der Waals surface area contributed by atoms with Gasteiger partial charge < -0.3 is 4.90 Å². The van der Waals surface area contributed by atoms with E-state index in [1.54, 1.807) is 24.4 Å². The van der Waals surface area contributed by atoms with Crippen molar-refractivity contribution in [1.82, 2.24) is 15.8 Å². The first kappa shape index (κ1) is 18.4. The number of nitrogens with zero attached hydrogens (tertiary/aromatic N) is 3. The zero-order valence-electron chi connectivity index (χ0n) is 15.1. The summed E-state index contributed by atoms with van der Waals surface area (Å²) < 4.78 is 0. The summed E-state index contributed by atoms with van der Waals surface area (Å²) in [5.74, 6) is 0.155. The molecule has 2 heterocycles. The zero-order valence-corrected chi connectivity index (χ0v) is 15.1. The Morgan fingerprint density at radius 2 is 1.89 bits per heavy atom. The molecule has 7 heteroatoms. The molecular formula is C20H21N5O2. The SMILES string of the molecule is Cc1ccccc1C(=O)NNC(=O)C1CCN(c2ccc(C#N)cn2)CC1. The lowest BCUT2D eigenvalue weighted by molar-refractivity contribution is -0.126. The molecule has 1 aromatic heterocycles. The van der Waals surface area contributed by atoms with E-state index in [4.69, 9.17) is 5.26 Å². The van der Waals surface area contributed by atoms with Gasteiger partial charge in [-0.2, -0.15) is 5.26 Å². The number of piperidine rings is 1. The molecule has 3 rings (SSSR count). The summed E-state index contributed by atoms with van der Waals surface area (Å²) in [5, 5.41) is 8.83. The minimum absolute atomic E-state index is 0.156. The largest absolute Gasteiger partial charge is 0.357 e. The second-order valence-corrected chi connectivity index (χ2v) is 6.54. The highest BCUT2D eigenvalue weighted by atomic mass is 16.2. The molecule has 0 bridgehead atoms. The highest BCUT2D eigenvalue weighted by Crippen LogP contribution is 2.22. The monoisotopic (exact) mass is 363 g/mol. The minimum Gasteiger partial charge on any atom is -0.357 e. The van der Waals surface area contributed by atoms with Crippen LogP contribution in [0.4, 0.5) is 5.82 Å². The predicted octanol–water partition coefficient (Wildman–Crippen LogP) is 1.94. The predicted molar refractivity (Wildman–Crippen MR) is 101 cm³/mol. The normalized spacial score (nSPS) is 14.3.